The zero-order valence-electron chi connectivity index (χ0n) is 11.1. The first-order chi connectivity index (χ1) is 9.59. The van der Waals surface area contributed by atoms with Crippen LogP contribution in [-0.2, 0) is 4.74 Å². The fourth-order valence-corrected chi connectivity index (χ4v) is 1.02. The molecule has 0 aliphatic rings. The van der Waals surface area contributed by atoms with Gasteiger partial charge < -0.3 is 25.2 Å². The molecule has 0 saturated carbocycles. The standard InChI is InChI=1S/C9H8O2.C5H12O4/c1-2-11-9(10)8-6-4-3-5-7-8;6-1-5(2-7,3-8)4-9/h2-7H,1H2;6-9H,1-4H2. The molecule has 1 aromatic carbocycles. The summed E-state index contributed by atoms with van der Waals surface area (Å²) in [6.45, 7) is 1.66. The van der Waals surface area contributed by atoms with Crippen LogP contribution >= 0.6 is 0 Å². The van der Waals surface area contributed by atoms with Gasteiger partial charge in [-0.25, -0.2) is 4.79 Å². The fourth-order valence-electron chi connectivity index (χ4n) is 1.02. The first kappa shape index (κ1) is 18.3. The lowest BCUT2D eigenvalue weighted by Crippen LogP contribution is -2.37. The van der Waals surface area contributed by atoms with Crippen molar-refractivity contribution in [2.45, 2.75) is 0 Å². The summed E-state index contributed by atoms with van der Waals surface area (Å²) in [5.41, 5.74) is -0.576. The van der Waals surface area contributed by atoms with Crippen molar-refractivity contribution >= 4 is 5.97 Å². The largest absolute Gasteiger partial charge is 0.432 e. The van der Waals surface area contributed by atoms with E-state index >= 15 is 0 Å². The van der Waals surface area contributed by atoms with Crippen LogP contribution in [0.4, 0.5) is 0 Å². The molecule has 0 amide bonds. The molecule has 1 rings (SSSR count). The Hall–Kier alpha value is -1.73. The average Bonchev–Trinajstić information content (AvgIpc) is 2.52. The highest BCUT2D eigenvalue weighted by molar-refractivity contribution is 5.89. The maximum absolute atomic E-state index is 11.0. The molecule has 20 heavy (non-hydrogen) atoms. The van der Waals surface area contributed by atoms with E-state index in [1.54, 1.807) is 24.3 Å². The molecule has 6 heteroatoms. The van der Waals surface area contributed by atoms with E-state index in [0.717, 1.165) is 6.26 Å². The number of hydrogen-bond acceptors (Lipinski definition) is 6. The van der Waals surface area contributed by atoms with Gasteiger partial charge in [0, 0.05) is 0 Å². The number of aliphatic hydroxyl groups is 4. The van der Waals surface area contributed by atoms with Crippen LogP contribution in [0.5, 0.6) is 0 Å². The minimum atomic E-state index is -1.11. The first-order valence-corrected chi connectivity index (χ1v) is 5.89. The normalized spacial score (nSPS) is 10.2. The molecule has 0 unspecified atom stereocenters. The smallest absolute Gasteiger partial charge is 0.342 e. The van der Waals surface area contributed by atoms with Gasteiger partial charge in [0.25, 0.3) is 0 Å². The molecule has 0 aliphatic carbocycles. The first-order valence-electron chi connectivity index (χ1n) is 5.89. The highest BCUT2D eigenvalue weighted by Crippen LogP contribution is 2.11. The lowest BCUT2D eigenvalue weighted by molar-refractivity contribution is -0.0328. The van der Waals surface area contributed by atoms with Gasteiger partial charge in [-0.05, 0) is 12.1 Å². The van der Waals surface area contributed by atoms with Crippen LogP contribution in [0.25, 0.3) is 0 Å². The zero-order valence-corrected chi connectivity index (χ0v) is 11.1. The van der Waals surface area contributed by atoms with Crippen molar-refractivity contribution in [3.8, 4) is 0 Å². The molecule has 0 atom stereocenters. The van der Waals surface area contributed by atoms with Crippen LogP contribution in [0, 0.1) is 5.41 Å². The van der Waals surface area contributed by atoms with E-state index in [0.29, 0.717) is 5.56 Å². The molecule has 0 radical (unpaired) electrons. The van der Waals surface area contributed by atoms with Gasteiger partial charge in [0.2, 0.25) is 0 Å². The van der Waals surface area contributed by atoms with Crippen LogP contribution in [0.15, 0.2) is 43.2 Å². The van der Waals surface area contributed by atoms with Gasteiger partial charge in [-0.1, -0.05) is 24.8 Å². The summed E-state index contributed by atoms with van der Waals surface area (Å²) in [6, 6.07) is 8.77. The minimum absolute atomic E-state index is 0.374. The average molecular weight is 284 g/mol. The number of carbonyl (C=O) groups excluding carboxylic acids is 1. The number of rotatable bonds is 6. The molecule has 0 heterocycles. The third kappa shape index (κ3) is 5.94. The Balaban J connectivity index is 0.000000370. The Morgan fingerprint density at radius 1 is 1.05 bits per heavy atom. The van der Waals surface area contributed by atoms with E-state index < -0.39 is 31.8 Å². The number of aliphatic hydroxyl groups excluding tert-OH is 4. The van der Waals surface area contributed by atoms with Crippen molar-refractivity contribution in [2.24, 2.45) is 5.41 Å². The zero-order chi connectivity index (χ0) is 15.4. The summed E-state index contributed by atoms with van der Waals surface area (Å²) < 4.78 is 4.55. The van der Waals surface area contributed by atoms with Crippen LogP contribution in [-0.4, -0.2) is 52.8 Å². The molecule has 0 saturated heterocycles. The van der Waals surface area contributed by atoms with Crippen LogP contribution in [0.1, 0.15) is 10.4 Å². The van der Waals surface area contributed by atoms with Crippen molar-refractivity contribution in [1.82, 2.24) is 0 Å². The second-order valence-corrected chi connectivity index (χ2v) is 4.07. The number of hydrogen-bond donors (Lipinski definition) is 4. The monoisotopic (exact) mass is 284 g/mol. The molecule has 1 aromatic rings. The Morgan fingerprint density at radius 2 is 1.50 bits per heavy atom. The summed E-state index contributed by atoms with van der Waals surface area (Å²) in [7, 11) is 0. The maximum atomic E-state index is 11.0. The molecule has 112 valence electrons. The lowest BCUT2D eigenvalue weighted by atomic mass is 9.93. The summed E-state index contributed by atoms with van der Waals surface area (Å²) in [4.78, 5) is 11.0. The summed E-state index contributed by atoms with van der Waals surface area (Å²) in [5.74, 6) is -0.374. The molecule has 0 aliphatic heterocycles. The van der Waals surface area contributed by atoms with Gasteiger partial charge in [0.05, 0.1) is 43.7 Å². The van der Waals surface area contributed by atoms with Gasteiger partial charge in [-0.2, -0.15) is 0 Å². The van der Waals surface area contributed by atoms with E-state index in [-0.39, 0.29) is 5.97 Å². The van der Waals surface area contributed by atoms with E-state index in [4.69, 9.17) is 20.4 Å². The maximum Gasteiger partial charge on any atom is 0.342 e. The highest BCUT2D eigenvalue weighted by atomic mass is 16.5. The SMILES string of the molecule is C=COC(=O)c1ccccc1.OCC(CO)(CO)CO. The van der Waals surface area contributed by atoms with Crippen molar-refractivity contribution in [3.63, 3.8) is 0 Å². The molecule has 0 fully saturated rings. The van der Waals surface area contributed by atoms with Crippen molar-refractivity contribution < 1.29 is 30.0 Å². The molecule has 0 aromatic heterocycles. The van der Waals surface area contributed by atoms with Crippen LogP contribution in [0.3, 0.4) is 0 Å². The predicted octanol–water partition coefficient (Wildman–Crippen LogP) is -0.0711. The number of benzene rings is 1. The van der Waals surface area contributed by atoms with E-state index in [1.807, 2.05) is 6.07 Å². The molecule has 0 bridgehead atoms. The quantitative estimate of drug-likeness (QED) is 0.430. The Bertz CT molecular complexity index is 368. The number of ether oxygens (including phenoxy) is 1. The van der Waals surface area contributed by atoms with Crippen LogP contribution < -0.4 is 0 Å². The molecule has 0 spiro atoms. The van der Waals surface area contributed by atoms with Gasteiger partial charge in [0.15, 0.2) is 0 Å². The Morgan fingerprint density at radius 3 is 1.80 bits per heavy atom. The fraction of sp³-hybridized carbons (Fsp3) is 0.357. The highest BCUT2D eigenvalue weighted by Gasteiger charge is 2.26. The second-order valence-electron chi connectivity index (χ2n) is 4.07. The van der Waals surface area contributed by atoms with Crippen molar-refractivity contribution in [2.75, 3.05) is 26.4 Å². The molecule has 6 nitrogen and oxygen atoms in total. The third-order valence-electron chi connectivity index (χ3n) is 2.54. The molecular formula is C14H20O6. The number of esters is 1. The van der Waals surface area contributed by atoms with E-state index in [1.165, 1.54) is 0 Å². The van der Waals surface area contributed by atoms with Gasteiger partial charge in [0.1, 0.15) is 0 Å². The second kappa shape index (κ2) is 10.1. The van der Waals surface area contributed by atoms with E-state index in [9.17, 15) is 4.79 Å². The minimum Gasteiger partial charge on any atom is -0.432 e. The third-order valence-corrected chi connectivity index (χ3v) is 2.54. The van der Waals surface area contributed by atoms with Gasteiger partial charge in [-0.3, -0.25) is 0 Å². The number of carbonyl (C=O) groups is 1. The van der Waals surface area contributed by atoms with E-state index in [2.05, 4.69) is 11.3 Å². The predicted molar refractivity (Wildman–Crippen MR) is 72.8 cm³/mol. The summed E-state index contributed by atoms with van der Waals surface area (Å²) >= 11 is 0. The van der Waals surface area contributed by atoms with Gasteiger partial charge >= 0.3 is 5.97 Å². The lowest BCUT2D eigenvalue weighted by Gasteiger charge is -2.23. The molecular weight excluding hydrogens is 264 g/mol. The summed E-state index contributed by atoms with van der Waals surface area (Å²) in [6.07, 6.45) is 1.12. The molecule has 4 N–H and O–H groups in total. The topological polar surface area (TPSA) is 107 Å². The van der Waals surface area contributed by atoms with Crippen LogP contribution in [0.2, 0.25) is 0 Å². The van der Waals surface area contributed by atoms with Crippen molar-refractivity contribution in [1.29, 1.82) is 0 Å². The summed E-state index contributed by atoms with van der Waals surface area (Å²) in [5, 5.41) is 34.0. The Kier molecular flexibility index (Phi) is 9.23. The van der Waals surface area contributed by atoms with Crippen molar-refractivity contribution in [3.05, 3.63) is 48.7 Å². The van der Waals surface area contributed by atoms with Gasteiger partial charge in [-0.15, -0.1) is 0 Å². The Labute approximate surface area is 117 Å².